The van der Waals surface area contributed by atoms with E-state index in [4.69, 9.17) is 16.3 Å². The van der Waals surface area contributed by atoms with Gasteiger partial charge in [0, 0.05) is 30.8 Å². The molecule has 36 heavy (non-hydrogen) atoms. The first-order valence-corrected chi connectivity index (χ1v) is 14.1. The first-order chi connectivity index (χ1) is 17.3. The predicted octanol–water partition coefficient (Wildman–Crippen LogP) is 4.27. The van der Waals surface area contributed by atoms with Crippen molar-refractivity contribution in [2.24, 2.45) is 0 Å². The molecular weight excluding hydrogens is 503 g/mol. The lowest BCUT2D eigenvalue weighted by atomic mass is 10.2. The number of halogens is 2. The highest BCUT2D eigenvalue weighted by atomic mass is 35.5. The summed E-state index contributed by atoms with van der Waals surface area (Å²) in [7, 11) is -1.96. The standard InChI is InChI=1S/C25H28ClFN6O2S/c1-36(2,34)12-10-28-9-4-11-33-15-22-24(32-33)25(30-17-29-22)31-20-7-8-23(21(26)14-20)35-16-18-5-3-6-19(27)13-18/h3,5-8,13-15,17,28H,1,4,9-12,16H2,2H3,(H,29,30,31). The molecule has 1 atom stereocenters. The zero-order valence-electron chi connectivity index (χ0n) is 19.9. The van der Waals surface area contributed by atoms with Gasteiger partial charge < -0.3 is 15.4 Å². The van der Waals surface area contributed by atoms with Crippen LogP contribution in [0.1, 0.15) is 12.0 Å². The highest BCUT2D eigenvalue weighted by molar-refractivity contribution is 7.99. The fourth-order valence-corrected chi connectivity index (χ4v) is 4.30. The molecule has 0 saturated carbocycles. The van der Waals surface area contributed by atoms with Gasteiger partial charge in [-0.25, -0.2) is 14.4 Å². The summed E-state index contributed by atoms with van der Waals surface area (Å²) in [5.41, 5.74) is 2.81. The van der Waals surface area contributed by atoms with E-state index in [9.17, 15) is 8.60 Å². The van der Waals surface area contributed by atoms with Crippen LogP contribution in [0.3, 0.4) is 0 Å². The summed E-state index contributed by atoms with van der Waals surface area (Å²) in [5.74, 6) is 4.97. The van der Waals surface area contributed by atoms with Gasteiger partial charge in [-0.15, -0.1) is 0 Å². The number of aromatic nitrogens is 4. The maximum Gasteiger partial charge on any atom is 0.162 e. The Bertz CT molecular complexity index is 1440. The molecule has 0 bridgehead atoms. The zero-order chi connectivity index (χ0) is 25.5. The van der Waals surface area contributed by atoms with E-state index in [0.717, 1.165) is 24.2 Å². The van der Waals surface area contributed by atoms with Crippen molar-refractivity contribution in [3.05, 3.63) is 71.4 Å². The third-order valence-electron chi connectivity index (χ3n) is 5.28. The van der Waals surface area contributed by atoms with E-state index in [-0.39, 0.29) is 12.4 Å². The Morgan fingerprint density at radius 3 is 2.83 bits per heavy atom. The molecule has 4 aromatic rings. The molecule has 0 aliphatic heterocycles. The van der Waals surface area contributed by atoms with Crippen LogP contribution in [-0.4, -0.2) is 54.9 Å². The molecule has 8 nitrogen and oxygen atoms in total. The number of rotatable bonds is 12. The van der Waals surface area contributed by atoms with Crippen molar-refractivity contribution in [1.29, 1.82) is 0 Å². The van der Waals surface area contributed by atoms with Crippen LogP contribution < -0.4 is 15.4 Å². The Morgan fingerprint density at radius 1 is 1.19 bits per heavy atom. The van der Waals surface area contributed by atoms with Gasteiger partial charge in [0.15, 0.2) is 11.3 Å². The van der Waals surface area contributed by atoms with E-state index in [2.05, 4.69) is 31.6 Å². The SMILES string of the molecule is C=S(C)(=O)CCNCCCn1cc2ncnc(Nc3ccc(OCc4cccc(F)c4)c(Cl)c3)c2n1. The van der Waals surface area contributed by atoms with Gasteiger partial charge in [-0.2, -0.15) is 5.10 Å². The molecule has 190 valence electrons. The van der Waals surface area contributed by atoms with E-state index in [1.807, 2.05) is 16.9 Å². The van der Waals surface area contributed by atoms with Crippen molar-refractivity contribution >= 4 is 49.5 Å². The monoisotopic (exact) mass is 530 g/mol. The van der Waals surface area contributed by atoms with Crippen LogP contribution in [0.15, 0.2) is 55.0 Å². The number of nitrogens with one attached hydrogen (secondary N) is 2. The molecule has 1 unspecified atom stereocenters. The van der Waals surface area contributed by atoms with Gasteiger partial charge in [-0.05, 0) is 64.3 Å². The normalized spacial score (nSPS) is 13.0. The lowest BCUT2D eigenvalue weighted by Gasteiger charge is -2.11. The smallest absolute Gasteiger partial charge is 0.162 e. The van der Waals surface area contributed by atoms with Crippen LogP contribution in [0.5, 0.6) is 5.75 Å². The molecule has 2 heterocycles. The molecule has 0 radical (unpaired) electrons. The first-order valence-electron chi connectivity index (χ1n) is 11.4. The molecule has 0 fully saturated rings. The van der Waals surface area contributed by atoms with E-state index in [1.54, 1.807) is 30.5 Å². The molecule has 0 saturated heterocycles. The van der Waals surface area contributed by atoms with E-state index in [1.165, 1.54) is 18.5 Å². The average Bonchev–Trinajstić information content (AvgIpc) is 3.24. The lowest BCUT2D eigenvalue weighted by molar-refractivity contribution is 0.306. The minimum atomic E-state index is -1.96. The number of nitrogens with zero attached hydrogens (tertiary/aromatic N) is 4. The van der Waals surface area contributed by atoms with Crippen molar-refractivity contribution < 1.29 is 13.3 Å². The van der Waals surface area contributed by atoms with Crippen molar-refractivity contribution in [3.63, 3.8) is 0 Å². The Labute approximate surface area is 214 Å². The largest absolute Gasteiger partial charge is 0.487 e. The third kappa shape index (κ3) is 7.39. The Kier molecular flexibility index (Phi) is 8.40. The van der Waals surface area contributed by atoms with Crippen LogP contribution in [-0.2, 0) is 22.7 Å². The second-order valence-corrected chi connectivity index (χ2v) is 11.7. The van der Waals surface area contributed by atoms with Gasteiger partial charge in [0.1, 0.15) is 30.0 Å². The number of ether oxygens (including phenoxy) is 1. The maximum atomic E-state index is 13.4. The van der Waals surface area contributed by atoms with Crippen LogP contribution in [0.4, 0.5) is 15.9 Å². The summed E-state index contributed by atoms with van der Waals surface area (Å²) in [5, 5.41) is 11.6. The van der Waals surface area contributed by atoms with E-state index < -0.39 is 9.52 Å². The average molecular weight is 531 g/mol. The van der Waals surface area contributed by atoms with Gasteiger partial charge in [0.2, 0.25) is 0 Å². The number of fused-ring (bicyclic) bond motifs is 1. The molecule has 2 aromatic carbocycles. The summed E-state index contributed by atoms with van der Waals surface area (Å²) in [6.45, 7) is 2.38. The van der Waals surface area contributed by atoms with Crippen LogP contribution in [0.25, 0.3) is 11.0 Å². The molecule has 4 rings (SSSR count). The molecule has 0 spiro atoms. The van der Waals surface area contributed by atoms with Crippen molar-refractivity contribution in [3.8, 4) is 5.75 Å². The minimum Gasteiger partial charge on any atom is -0.487 e. The Hall–Kier alpha value is -3.21. The molecule has 0 aliphatic rings. The Balaban J connectivity index is 1.36. The van der Waals surface area contributed by atoms with Crippen LogP contribution >= 0.6 is 11.6 Å². The molecule has 0 aliphatic carbocycles. The summed E-state index contributed by atoms with van der Waals surface area (Å²) < 4.78 is 32.6. The lowest BCUT2D eigenvalue weighted by Crippen LogP contribution is -2.24. The second kappa shape index (κ2) is 11.7. The van der Waals surface area contributed by atoms with Gasteiger partial charge in [-0.1, -0.05) is 23.7 Å². The summed E-state index contributed by atoms with van der Waals surface area (Å²) in [6.07, 6.45) is 5.89. The minimum absolute atomic E-state index is 0.207. The third-order valence-corrected chi connectivity index (χ3v) is 6.64. The Morgan fingerprint density at radius 2 is 2.06 bits per heavy atom. The summed E-state index contributed by atoms with van der Waals surface area (Å²) in [4.78, 5) is 8.66. The summed E-state index contributed by atoms with van der Waals surface area (Å²) >= 11 is 6.42. The van der Waals surface area contributed by atoms with Crippen molar-refractivity contribution in [2.75, 3.05) is 30.4 Å². The molecule has 0 amide bonds. The van der Waals surface area contributed by atoms with Gasteiger partial charge in [0.05, 0.1) is 11.2 Å². The molecule has 2 N–H and O–H groups in total. The number of aryl methyl sites for hydroxylation is 1. The van der Waals surface area contributed by atoms with E-state index in [0.29, 0.717) is 46.5 Å². The number of anilines is 2. The molecule has 2 aromatic heterocycles. The molecule has 11 heteroatoms. The molecular formula is C25H28ClFN6O2S. The van der Waals surface area contributed by atoms with Gasteiger partial charge in [-0.3, -0.25) is 8.89 Å². The highest BCUT2D eigenvalue weighted by Gasteiger charge is 2.11. The number of benzene rings is 2. The van der Waals surface area contributed by atoms with Gasteiger partial charge >= 0.3 is 0 Å². The first kappa shape index (κ1) is 25.9. The predicted molar refractivity (Wildman–Crippen MR) is 144 cm³/mol. The van der Waals surface area contributed by atoms with Gasteiger partial charge in [0.25, 0.3) is 0 Å². The van der Waals surface area contributed by atoms with Crippen LogP contribution in [0, 0.1) is 5.82 Å². The fraction of sp³-hybridized carbons (Fsp3) is 0.280. The van der Waals surface area contributed by atoms with E-state index >= 15 is 0 Å². The number of hydrogen-bond donors (Lipinski definition) is 2. The zero-order valence-corrected chi connectivity index (χ0v) is 21.5. The number of hydrogen-bond acceptors (Lipinski definition) is 7. The highest BCUT2D eigenvalue weighted by Crippen LogP contribution is 2.30. The second-order valence-electron chi connectivity index (χ2n) is 8.53. The van der Waals surface area contributed by atoms with Crippen molar-refractivity contribution in [1.82, 2.24) is 25.1 Å². The quantitative estimate of drug-likeness (QED) is 0.209. The maximum absolute atomic E-state index is 13.4. The van der Waals surface area contributed by atoms with Crippen LogP contribution in [0.2, 0.25) is 5.02 Å². The topological polar surface area (TPSA) is 94.0 Å². The van der Waals surface area contributed by atoms with Crippen molar-refractivity contribution in [2.45, 2.75) is 19.6 Å². The summed E-state index contributed by atoms with van der Waals surface area (Å²) in [6, 6.07) is 11.5. The fourth-order valence-electron chi connectivity index (χ4n) is 3.49.